The van der Waals surface area contributed by atoms with Gasteiger partial charge in [-0.2, -0.15) is 0 Å². The minimum Gasteiger partial charge on any atom is -0.391 e. The lowest BCUT2D eigenvalue weighted by atomic mass is 9.94. The summed E-state index contributed by atoms with van der Waals surface area (Å²) < 4.78 is 0. The number of aliphatic hydroxyl groups excluding tert-OH is 1. The third kappa shape index (κ3) is 4.16. The van der Waals surface area contributed by atoms with Crippen molar-refractivity contribution in [2.75, 3.05) is 40.3 Å². The van der Waals surface area contributed by atoms with Crippen LogP contribution in [0.25, 0.3) is 0 Å². The summed E-state index contributed by atoms with van der Waals surface area (Å²) in [4.78, 5) is 16.4. The highest BCUT2D eigenvalue weighted by Gasteiger charge is 2.35. The van der Waals surface area contributed by atoms with Gasteiger partial charge >= 0.3 is 0 Å². The summed E-state index contributed by atoms with van der Waals surface area (Å²) in [6, 6.07) is 0.180. The number of nitrogens with one attached hydrogen (secondary N) is 1. The van der Waals surface area contributed by atoms with E-state index in [4.69, 9.17) is 0 Å². The first-order chi connectivity index (χ1) is 9.06. The van der Waals surface area contributed by atoms with Crippen LogP contribution in [0, 0.1) is 5.92 Å². The Labute approximate surface area is 115 Å². The van der Waals surface area contributed by atoms with Gasteiger partial charge in [0.1, 0.15) is 0 Å². The number of carbonyl (C=O) groups excluding carboxylic acids is 1. The zero-order valence-electron chi connectivity index (χ0n) is 12.1. The van der Waals surface area contributed by atoms with E-state index in [2.05, 4.69) is 10.2 Å². The highest BCUT2D eigenvalue weighted by atomic mass is 16.3. The summed E-state index contributed by atoms with van der Waals surface area (Å²) in [6.07, 6.45) is 3.22. The van der Waals surface area contributed by atoms with Crippen LogP contribution in [-0.4, -0.2) is 73.2 Å². The lowest BCUT2D eigenvalue weighted by Gasteiger charge is -2.29. The number of likely N-dealkylation sites (N-methyl/N-ethyl adjacent to an activating group) is 1. The first-order valence-electron chi connectivity index (χ1n) is 7.39. The van der Waals surface area contributed by atoms with Crippen molar-refractivity contribution in [1.29, 1.82) is 0 Å². The van der Waals surface area contributed by atoms with Crippen molar-refractivity contribution >= 4 is 5.91 Å². The highest BCUT2D eigenvalue weighted by molar-refractivity contribution is 5.77. The van der Waals surface area contributed by atoms with Gasteiger partial charge in [0.25, 0.3) is 0 Å². The van der Waals surface area contributed by atoms with E-state index in [-0.39, 0.29) is 18.1 Å². The fourth-order valence-electron chi connectivity index (χ4n) is 3.24. The molecule has 0 aromatic carbocycles. The van der Waals surface area contributed by atoms with Crippen molar-refractivity contribution in [2.24, 2.45) is 5.92 Å². The second-order valence-electron chi connectivity index (χ2n) is 6.25. The summed E-state index contributed by atoms with van der Waals surface area (Å²) in [5.74, 6) is 0.752. The van der Waals surface area contributed by atoms with Gasteiger partial charge in [0, 0.05) is 25.6 Å². The molecule has 2 atom stereocenters. The van der Waals surface area contributed by atoms with Crippen LogP contribution >= 0.6 is 0 Å². The molecule has 0 radical (unpaired) electrons. The Morgan fingerprint density at radius 2 is 2.05 bits per heavy atom. The van der Waals surface area contributed by atoms with Crippen LogP contribution in [0.5, 0.6) is 0 Å². The van der Waals surface area contributed by atoms with Gasteiger partial charge < -0.3 is 20.2 Å². The first-order valence-corrected chi connectivity index (χ1v) is 7.39. The molecule has 0 spiro atoms. The fourth-order valence-corrected chi connectivity index (χ4v) is 3.24. The van der Waals surface area contributed by atoms with E-state index >= 15 is 0 Å². The molecule has 2 aliphatic rings. The number of hydrogen-bond donors (Lipinski definition) is 2. The summed E-state index contributed by atoms with van der Waals surface area (Å²) >= 11 is 0. The van der Waals surface area contributed by atoms with Crippen molar-refractivity contribution in [3.05, 3.63) is 0 Å². The summed E-state index contributed by atoms with van der Waals surface area (Å²) in [7, 11) is 4.03. The molecule has 0 aromatic rings. The molecule has 110 valence electrons. The number of likely N-dealkylation sites (tertiary alicyclic amines) is 1. The lowest BCUT2D eigenvalue weighted by Crippen LogP contribution is -2.42. The molecule has 2 rings (SSSR count). The first kappa shape index (κ1) is 14.8. The fraction of sp³-hybridized carbons (Fsp3) is 0.929. The summed E-state index contributed by atoms with van der Waals surface area (Å²) in [5, 5.41) is 13.1. The number of piperidine rings is 1. The Hall–Kier alpha value is -0.650. The average molecular weight is 269 g/mol. The minimum absolute atomic E-state index is 0.180. The van der Waals surface area contributed by atoms with E-state index in [1.807, 2.05) is 19.0 Å². The zero-order valence-corrected chi connectivity index (χ0v) is 12.1. The van der Waals surface area contributed by atoms with E-state index in [1.165, 1.54) is 0 Å². The third-order valence-corrected chi connectivity index (χ3v) is 4.21. The molecule has 1 amide bonds. The van der Waals surface area contributed by atoms with Gasteiger partial charge in [-0.05, 0) is 52.4 Å². The van der Waals surface area contributed by atoms with Crippen molar-refractivity contribution < 1.29 is 9.90 Å². The molecule has 2 heterocycles. The third-order valence-electron chi connectivity index (χ3n) is 4.21. The predicted octanol–water partition coefficient (Wildman–Crippen LogP) is -0.100. The molecular weight excluding hydrogens is 242 g/mol. The molecule has 2 aliphatic heterocycles. The van der Waals surface area contributed by atoms with Crippen molar-refractivity contribution in [3.8, 4) is 0 Å². The van der Waals surface area contributed by atoms with Crippen LogP contribution in [-0.2, 0) is 4.79 Å². The second kappa shape index (κ2) is 6.68. The SMILES string of the molecule is CN(C)CC1CC(O)CN1C(=O)CC1CCNCC1. The number of hydrogen-bond acceptors (Lipinski definition) is 4. The molecule has 2 fully saturated rings. The Kier molecular flexibility index (Phi) is 5.19. The summed E-state index contributed by atoms with van der Waals surface area (Å²) in [6.45, 7) is 3.42. The maximum Gasteiger partial charge on any atom is 0.223 e. The van der Waals surface area contributed by atoms with Gasteiger partial charge in [-0.25, -0.2) is 0 Å². The Morgan fingerprint density at radius 3 is 2.68 bits per heavy atom. The van der Waals surface area contributed by atoms with Crippen molar-refractivity contribution in [1.82, 2.24) is 15.1 Å². The second-order valence-corrected chi connectivity index (χ2v) is 6.25. The van der Waals surface area contributed by atoms with Crippen molar-refractivity contribution in [3.63, 3.8) is 0 Å². The van der Waals surface area contributed by atoms with Crippen LogP contribution in [0.2, 0.25) is 0 Å². The molecular formula is C14H27N3O2. The van der Waals surface area contributed by atoms with Gasteiger partial charge in [-0.15, -0.1) is 0 Å². The van der Waals surface area contributed by atoms with Gasteiger partial charge in [-0.1, -0.05) is 0 Å². The van der Waals surface area contributed by atoms with Crippen LogP contribution in [0.1, 0.15) is 25.7 Å². The molecule has 5 heteroatoms. The maximum absolute atomic E-state index is 12.4. The zero-order chi connectivity index (χ0) is 13.8. The van der Waals surface area contributed by atoms with E-state index in [9.17, 15) is 9.90 Å². The van der Waals surface area contributed by atoms with E-state index in [0.717, 1.165) is 38.9 Å². The number of nitrogens with zero attached hydrogens (tertiary/aromatic N) is 2. The molecule has 0 aromatic heterocycles. The van der Waals surface area contributed by atoms with Crippen LogP contribution in [0.4, 0.5) is 0 Å². The maximum atomic E-state index is 12.4. The average Bonchev–Trinajstić information content (AvgIpc) is 2.70. The predicted molar refractivity (Wildman–Crippen MR) is 74.9 cm³/mol. The van der Waals surface area contributed by atoms with Gasteiger partial charge in [0.15, 0.2) is 0 Å². The van der Waals surface area contributed by atoms with E-state index < -0.39 is 0 Å². The standard InChI is InChI=1S/C14H27N3O2/c1-16(2)9-12-8-13(18)10-17(12)14(19)7-11-3-5-15-6-4-11/h11-13,15,18H,3-10H2,1-2H3. The minimum atomic E-state index is -0.345. The van der Waals surface area contributed by atoms with Crippen LogP contribution < -0.4 is 5.32 Å². The van der Waals surface area contributed by atoms with Gasteiger partial charge in [-0.3, -0.25) is 4.79 Å². The molecule has 0 saturated carbocycles. The monoisotopic (exact) mass is 269 g/mol. The van der Waals surface area contributed by atoms with Crippen LogP contribution in [0.15, 0.2) is 0 Å². The molecule has 0 bridgehead atoms. The van der Waals surface area contributed by atoms with Gasteiger partial charge in [0.2, 0.25) is 5.91 Å². The Bertz CT molecular complexity index is 303. The van der Waals surface area contributed by atoms with Crippen molar-refractivity contribution in [2.45, 2.75) is 37.8 Å². The van der Waals surface area contributed by atoms with E-state index in [0.29, 0.717) is 18.9 Å². The number of β-amino-alcohol motifs (C(OH)–C–C–N with tert-alkyl or cyclic N) is 1. The lowest BCUT2D eigenvalue weighted by molar-refractivity contribution is -0.133. The smallest absolute Gasteiger partial charge is 0.223 e. The number of carbonyl (C=O) groups is 1. The molecule has 0 aliphatic carbocycles. The van der Waals surface area contributed by atoms with E-state index in [1.54, 1.807) is 0 Å². The Morgan fingerprint density at radius 1 is 1.37 bits per heavy atom. The van der Waals surface area contributed by atoms with Crippen LogP contribution in [0.3, 0.4) is 0 Å². The molecule has 5 nitrogen and oxygen atoms in total. The number of aliphatic hydroxyl groups is 1. The normalized spacial score (nSPS) is 29.2. The number of rotatable bonds is 4. The molecule has 2 saturated heterocycles. The molecule has 2 unspecified atom stereocenters. The Balaban J connectivity index is 1.88. The van der Waals surface area contributed by atoms with Gasteiger partial charge in [0.05, 0.1) is 6.10 Å². The molecule has 19 heavy (non-hydrogen) atoms. The largest absolute Gasteiger partial charge is 0.391 e. The summed E-state index contributed by atoms with van der Waals surface area (Å²) in [5.41, 5.74) is 0. The topological polar surface area (TPSA) is 55.8 Å². The number of amides is 1. The molecule has 2 N–H and O–H groups in total. The quantitative estimate of drug-likeness (QED) is 0.748. The highest BCUT2D eigenvalue weighted by Crippen LogP contribution is 2.23.